The maximum absolute atomic E-state index is 12.3. The Hall–Kier alpha value is -1.96. The molecule has 3 heterocycles. The van der Waals surface area contributed by atoms with Crippen molar-refractivity contribution in [3.8, 4) is 0 Å². The van der Waals surface area contributed by atoms with E-state index in [-0.39, 0.29) is 36.7 Å². The summed E-state index contributed by atoms with van der Waals surface area (Å²) >= 11 is 0. The minimum absolute atomic E-state index is 0.00365. The normalized spacial score (nSPS) is 20.7. The highest BCUT2D eigenvalue weighted by Crippen LogP contribution is 2.27. The van der Waals surface area contributed by atoms with Gasteiger partial charge in [0.1, 0.15) is 11.6 Å². The van der Waals surface area contributed by atoms with Gasteiger partial charge in [-0.15, -0.1) is 10.2 Å². The first-order valence-corrected chi connectivity index (χ1v) is 9.10. The lowest BCUT2D eigenvalue weighted by molar-refractivity contribution is -0.134. The number of likely N-dealkylation sites (tertiary alicyclic amines) is 1. The van der Waals surface area contributed by atoms with Gasteiger partial charge < -0.3 is 19.5 Å². The minimum atomic E-state index is -0.111. The molecule has 2 amide bonds. The highest BCUT2D eigenvalue weighted by atomic mass is 16.3. The van der Waals surface area contributed by atoms with Gasteiger partial charge in [-0.1, -0.05) is 13.8 Å². The summed E-state index contributed by atoms with van der Waals surface area (Å²) in [6.45, 7) is 7.13. The van der Waals surface area contributed by atoms with Crippen LogP contribution in [0.15, 0.2) is 0 Å². The monoisotopic (exact) mass is 349 g/mol. The minimum Gasteiger partial charge on any atom is -0.396 e. The Morgan fingerprint density at radius 3 is 2.68 bits per heavy atom. The Bertz CT molecular complexity index is 642. The van der Waals surface area contributed by atoms with E-state index in [4.69, 9.17) is 5.11 Å². The smallest absolute Gasteiger partial charge is 0.225 e. The Labute approximate surface area is 147 Å². The summed E-state index contributed by atoms with van der Waals surface area (Å²) < 4.78 is 2.14. The number of hydrogen-bond acceptors (Lipinski definition) is 5. The Kier molecular flexibility index (Phi) is 5.36. The van der Waals surface area contributed by atoms with Crippen LogP contribution in [0.1, 0.15) is 44.3 Å². The van der Waals surface area contributed by atoms with Crippen molar-refractivity contribution in [1.82, 2.24) is 24.6 Å². The lowest BCUT2D eigenvalue weighted by Crippen LogP contribution is -2.36. The fourth-order valence-electron chi connectivity index (χ4n) is 3.68. The Morgan fingerprint density at radius 1 is 1.16 bits per heavy atom. The van der Waals surface area contributed by atoms with E-state index in [2.05, 4.69) is 14.8 Å². The number of rotatable bonds is 4. The molecule has 3 rings (SSSR count). The topological polar surface area (TPSA) is 91.6 Å². The number of carbonyl (C=O) groups excluding carboxylic acids is 2. The van der Waals surface area contributed by atoms with Gasteiger partial charge in [0.25, 0.3) is 0 Å². The third-order valence-corrected chi connectivity index (χ3v) is 5.09. The van der Waals surface area contributed by atoms with Crippen LogP contribution in [0.4, 0.5) is 0 Å². The number of aromatic nitrogens is 3. The second-order valence-corrected chi connectivity index (χ2v) is 7.16. The van der Waals surface area contributed by atoms with Gasteiger partial charge in [0.05, 0.1) is 6.61 Å². The Morgan fingerprint density at radius 2 is 1.96 bits per heavy atom. The third-order valence-electron chi connectivity index (χ3n) is 5.09. The number of nitrogens with zero attached hydrogens (tertiary/aromatic N) is 5. The summed E-state index contributed by atoms with van der Waals surface area (Å²) in [5, 5.41) is 17.7. The van der Waals surface area contributed by atoms with Gasteiger partial charge in [-0.05, 0) is 6.42 Å². The molecule has 1 saturated heterocycles. The van der Waals surface area contributed by atoms with Crippen LogP contribution in [0.25, 0.3) is 0 Å². The van der Waals surface area contributed by atoms with Gasteiger partial charge in [0.15, 0.2) is 0 Å². The van der Waals surface area contributed by atoms with E-state index in [1.807, 2.05) is 18.7 Å². The van der Waals surface area contributed by atoms with E-state index >= 15 is 0 Å². The number of carbonyl (C=O) groups is 2. The van der Waals surface area contributed by atoms with Crippen molar-refractivity contribution in [2.24, 2.45) is 5.92 Å². The molecule has 2 aliphatic rings. The molecule has 1 unspecified atom stereocenters. The van der Waals surface area contributed by atoms with Crippen molar-refractivity contribution in [3.05, 3.63) is 11.6 Å². The van der Waals surface area contributed by atoms with Crippen molar-refractivity contribution in [1.29, 1.82) is 0 Å². The average molecular weight is 349 g/mol. The van der Waals surface area contributed by atoms with Gasteiger partial charge in [-0.2, -0.15) is 0 Å². The van der Waals surface area contributed by atoms with Gasteiger partial charge in [0.2, 0.25) is 11.8 Å². The second-order valence-electron chi connectivity index (χ2n) is 7.16. The van der Waals surface area contributed by atoms with Crippen LogP contribution in [0.2, 0.25) is 0 Å². The number of aliphatic hydroxyl groups excluding tert-OH is 1. The molecular weight excluding hydrogens is 322 g/mol. The second kappa shape index (κ2) is 7.51. The first-order valence-electron chi connectivity index (χ1n) is 9.10. The number of hydrogen-bond donors (Lipinski definition) is 1. The predicted molar refractivity (Wildman–Crippen MR) is 90.8 cm³/mol. The van der Waals surface area contributed by atoms with E-state index in [1.165, 1.54) is 0 Å². The lowest BCUT2D eigenvalue weighted by Gasteiger charge is -2.22. The van der Waals surface area contributed by atoms with Crippen LogP contribution < -0.4 is 0 Å². The van der Waals surface area contributed by atoms with Crippen LogP contribution in [-0.2, 0) is 22.6 Å². The number of fused-ring (bicyclic) bond motifs is 1. The van der Waals surface area contributed by atoms with Crippen molar-refractivity contribution in [2.45, 2.75) is 45.6 Å². The van der Waals surface area contributed by atoms with Gasteiger partial charge in [-0.25, -0.2) is 0 Å². The largest absolute Gasteiger partial charge is 0.396 e. The predicted octanol–water partition coefficient (Wildman–Crippen LogP) is 0.0171. The molecule has 0 aliphatic carbocycles. The summed E-state index contributed by atoms with van der Waals surface area (Å²) in [4.78, 5) is 27.9. The van der Waals surface area contributed by atoms with E-state index in [9.17, 15) is 9.59 Å². The molecular formula is C17H27N5O3. The maximum atomic E-state index is 12.3. The van der Waals surface area contributed by atoms with Crippen molar-refractivity contribution >= 4 is 11.8 Å². The fraction of sp³-hybridized carbons (Fsp3) is 0.765. The summed E-state index contributed by atoms with van der Waals surface area (Å²) in [5.41, 5.74) is 0. The summed E-state index contributed by atoms with van der Waals surface area (Å²) in [6.07, 6.45) is 1.76. The zero-order chi connectivity index (χ0) is 18.0. The first-order chi connectivity index (χ1) is 12.0. The molecule has 138 valence electrons. The van der Waals surface area contributed by atoms with E-state index in [0.29, 0.717) is 39.1 Å². The molecule has 1 N–H and O–H groups in total. The SMILES string of the molecule is CC(C)C(=O)N1CCc2nnc(C3CCN(C(=O)CCO)C3)n2CC1. The highest BCUT2D eigenvalue weighted by Gasteiger charge is 2.32. The van der Waals surface area contributed by atoms with Gasteiger partial charge in [0, 0.05) is 57.4 Å². The fourth-order valence-corrected chi connectivity index (χ4v) is 3.68. The zero-order valence-corrected chi connectivity index (χ0v) is 15.0. The summed E-state index contributed by atoms with van der Waals surface area (Å²) in [6, 6.07) is 0. The molecule has 1 atom stereocenters. The summed E-state index contributed by atoms with van der Waals surface area (Å²) in [7, 11) is 0. The molecule has 0 aromatic carbocycles. The third kappa shape index (κ3) is 3.68. The van der Waals surface area contributed by atoms with Crippen molar-refractivity contribution in [3.63, 3.8) is 0 Å². The maximum Gasteiger partial charge on any atom is 0.225 e. The van der Waals surface area contributed by atoms with Crippen LogP contribution in [0.3, 0.4) is 0 Å². The standard InChI is InChI=1S/C17H27N5O3/c1-12(2)17(25)20-7-4-14-18-19-16(22(14)9-8-20)13-3-6-21(11-13)15(24)5-10-23/h12-13,23H,3-11H2,1-2H3. The molecule has 0 bridgehead atoms. The zero-order valence-electron chi connectivity index (χ0n) is 15.0. The van der Waals surface area contributed by atoms with E-state index in [1.54, 1.807) is 4.90 Å². The molecule has 8 heteroatoms. The Balaban J connectivity index is 1.69. The molecule has 2 aliphatic heterocycles. The van der Waals surface area contributed by atoms with Crippen molar-refractivity contribution in [2.75, 3.05) is 32.8 Å². The number of aliphatic hydroxyl groups is 1. The molecule has 0 saturated carbocycles. The lowest BCUT2D eigenvalue weighted by atomic mass is 10.1. The van der Waals surface area contributed by atoms with Gasteiger partial charge >= 0.3 is 0 Å². The van der Waals surface area contributed by atoms with Crippen molar-refractivity contribution < 1.29 is 14.7 Å². The van der Waals surface area contributed by atoms with E-state index < -0.39 is 0 Å². The van der Waals surface area contributed by atoms with Crippen LogP contribution in [0, 0.1) is 5.92 Å². The molecule has 0 spiro atoms. The number of amides is 2. The first kappa shape index (κ1) is 17.8. The average Bonchev–Trinajstić information content (AvgIpc) is 3.17. The molecule has 8 nitrogen and oxygen atoms in total. The molecule has 25 heavy (non-hydrogen) atoms. The van der Waals surface area contributed by atoms with E-state index in [0.717, 1.165) is 18.1 Å². The van der Waals surface area contributed by atoms with Crippen LogP contribution in [-0.4, -0.2) is 74.3 Å². The molecule has 1 fully saturated rings. The molecule has 1 aromatic heterocycles. The quantitative estimate of drug-likeness (QED) is 0.827. The molecule has 1 aromatic rings. The molecule has 0 radical (unpaired) electrons. The van der Waals surface area contributed by atoms with Crippen LogP contribution >= 0.6 is 0 Å². The van der Waals surface area contributed by atoms with Gasteiger partial charge in [-0.3, -0.25) is 9.59 Å². The highest BCUT2D eigenvalue weighted by molar-refractivity contribution is 5.78. The summed E-state index contributed by atoms with van der Waals surface area (Å²) in [5.74, 6) is 2.21. The van der Waals surface area contributed by atoms with Crippen LogP contribution in [0.5, 0.6) is 0 Å².